The second kappa shape index (κ2) is 4.82. The molecule has 1 rings (SSSR count). The fraction of sp³-hybridized carbons (Fsp3) is 0.636. The molecule has 0 unspecified atom stereocenters. The van der Waals surface area contributed by atoms with Gasteiger partial charge in [0.2, 0.25) is 5.91 Å². The lowest BCUT2D eigenvalue weighted by atomic mass is 9.96. The van der Waals surface area contributed by atoms with Gasteiger partial charge >= 0.3 is 0 Å². The Labute approximate surface area is 100 Å². The first-order valence-electron chi connectivity index (χ1n) is 5.22. The quantitative estimate of drug-likeness (QED) is 0.877. The number of nitrogens with zero attached hydrogens (tertiary/aromatic N) is 2. The Kier molecular flexibility index (Phi) is 3.91. The Balaban J connectivity index is 2.52. The largest absolute Gasteiger partial charge is 0.375 e. The molecule has 0 aliphatic heterocycles. The van der Waals surface area contributed by atoms with Crippen molar-refractivity contribution < 1.29 is 4.79 Å². The third-order valence-electron chi connectivity index (χ3n) is 2.04. The Hall–Kier alpha value is -1.10. The van der Waals surface area contributed by atoms with Gasteiger partial charge in [0.25, 0.3) is 0 Å². The van der Waals surface area contributed by atoms with E-state index in [0.29, 0.717) is 11.6 Å². The maximum Gasteiger partial charge on any atom is 0.228 e. The number of hydrogen-bond donors (Lipinski definition) is 1. The van der Waals surface area contributed by atoms with Crippen molar-refractivity contribution in [3.63, 3.8) is 0 Å². The molecule has 0 fully saturated rings. The molecule has 4 nitrogen and oxygen atoms in total. The van der Waals surface area contributed by atoms with Crippen molar-refractivity contribution in [1.29, 1.82) is 0 Å². The van der Waals surface area contributed by atoms with Crippen molar-refractivity contribution in [2.45, 2.75) is 27.2 Å². The van der Waals surface area contributed by atoms with Crippen LogP contribution >= 0.6 is 11.3 Å². The van der Waals surface area contributed by atoms with Crippen LogP contribution in [0, 0.1) is 5.41 Å². The maximum absolute atomic E-state index is 11.8. The lowest BCUT2D eigenvalue weighted by Crippen LogP contribution is -2.35. The average Bonchev–Trinajstić information content (AvgIpc) is 2.48. The van der Waals surface area contributed by atoms with Crippen LogP contribution in [0.3, 0.4) is 0 Å². The summed E-state index contributed by atoms with van der Waals surface area (Å²) in [5, 5.41) is 2.35. The van der Waals surface area contributed by atoms with Crippen molar-refractivity contribution in [3.05, 3.63) is 11.1 Å². The van der Waals surface area contributed by atoms with Crippen molar-refractivity contribution in [3.8, 4) is 0 Å². The van der Waals surface area contributed by atoms with Crippen LogP contribution in [0.1, 0.15) is 26.5 Å². The third kappa shape index (κ3) is 4.18. The molecule has 0 spiro atoms. The number of thiazole rings is 1. The Morgan fingerprint density at radius 1 is 1.56 bits per heavy atom. The molecule has 0 aromatic carbocycles. The number of nitrogen functional groups attached to an aromatic ring is 1. The number of amides is 1. The highest BCUT2D eigenvalue weighted by atomic mass is 32.1. The summed E-state index contributed by atoms with van der Waals surface area (Å²) in [4.78, 5) is 17.7. The minimum Gasteiger partial charge on any atom is -0.375 e. The molecular formula is C11H19N3OS. The van der Waals surface area contributed by atoms with Crippen molar-refractivity contribution >= 4 is 22.4 Å². The zero-order chi connectivity index (χ0) is 12.3. The fourth-order valence-corrected chi connectivity index (χ4v) is 2.06. The van der Waals surface area contributed by atoms with Crippen LogP contribution in [0.5, 0.6) is 0 Å². The van der Waals surface area contributed by atoms with Crippen LogP contribution < -0.4 is 5.73 Å². The van der Waals surface area contributed by atoms with Gasteiger partial charge in [-0.15, -0.1) is 11.3 Å². The van der Waals surface area contributed by atoms with Gasteiger partial charge in [-0.25, -0.2) is 4.98 Å². The molecule has 0 atom stereocenters. The van der Waals surface area contributed by atoms with Gasteiger partial charge in [-0.05, 0) is 5.41 Å². The van der Waals surface area contributed by atoms with Crippen LogP contribution in [0.15, 0.2) is 5.38 Å². The standard InChI is InChI=1S/C11H19N3OS/c1-11(2,3)7-14(4)9(15)5-8-6-16-10(12)13-8/h6H,5,7H2,1-4H3,(H2,12,13). The number of aromatic nitrogens is 1. The van der Waals surface area contributed by atoms with E-state index >= 15 is 0 Å². The number of anilines is 1. The van der Waals surface area contributed by atoms with E-state index in [1.165, 1.54) is 11.3 Å². The first-order chi connectivity index (χ1) is 7.28. The number of rotatable bonds is 3. The van der Waals surface area contributed by atoms with E-state index in [2.05, 4.69) is 25.8 Å². The monoisotopic (exact) mass is 241 g/mol. The number of carbonyl (C=O) groups excluding carboxylic acids is 1. The van der Waals surface area contributed by atoms with Crippen LogP contribution in [0.25, 0.3) is 0 Å². The molecule has 5 heteroatoms. The highest BCUT2D eigenvalue weighted by Crippen LogP contribution is 2.16. The third-order valence-corrected chi connectivity index (χ3v) is 2.76. The minimum atomic E-state index is 0.0835. The molecule has 0 aliphatic rings. The number of nitrogens with two attached hydrogens (primary N) is 1. The van der Waals surface area contributed by atoms with Gasteiger partial charge in [0.05, 0.1) is 12.1 Å². The smallest absolute Gasteiger partial charge is 0.228 e. The van der Waals surface area contributed by atoms with E-state index in [9.17, 15) is 4.79 Å². The minimum absolute atomic E-state index is 0.0835. The summed E-state index contributed by atoms with van der Waals surface area (Å²) >= 11 is 1.37. The van der Waals surface area contributed by atoms with E-state index in [1.807, 2.05) is 12.4 Å². The zero-order valence-corrected chi connectivity index (χ0v) is 11.1. The fourth-order valence-electron chi connectivity index (χ4n) is 1.49. The van der Waals surface area contributed by atoms with Gasteiger partial charge in [-0.2, -0.15) is 0 Å². The van der Waals surface area contributed by atoms with Crippen molar-refractivity contribution in [2.75, 3.05) is 19.3 Å². The summed E-state index contributed by atoms with van der Waals surface area (Å²) in [6.07, 6.45) is 0.334. The van der Waals surface area contributed by atoms with Crippen molar-refractivity contribution in [1.82, 2.24) is 9.88 Å². The van der Waals surface area contributed by atoms with Gasteiger partial charge in [0, 0.05) is 19.0 Å². The number of likely N-dealkylation sites (N-methyl/N-ethyl adjacent to an activating group) is 1. The summed E-state index contributed by atoms with van der Waals surface area (Å²) in [6.45, 7) is 7.07. The van der Waals surface area contributed by atoms with Gasteiger partial charge in [0.1, 0.15) is 0 Å². The van der Waals surface area contributed by atoms with Crippen LogP contribution in [0.2, 0.25) is 0 Å². The molecule has 0 saturated carbocycles. The first-order valence-corrected chi connectivity index (χ1v) is 6.10. The van der Waals surface area contributed by atoms with Gasteiger partial charge in [-0.1, -0.05) is 20.8 Å². The van der Waals surface area contributed by atoms with Gasteiger partial charge in [-0.3, -0.25) is 4.79 Å². The lowest BCUT2D eigenvalue weighted by molar-refractivity contribution is -0.130. The molecule has 1 amide bonds. The molecule has 16 heavy (non-hydrogen) atoms. The topological polar surface area (TPSA) is 59.2 Å². The Morgan fingerprint density at radius 2 is 2.19 bits per heavy atom. The molecule has 0 bridgehead atoms. The maximum atomic E-state index is 11.8. The molecule has 0 radical (unpaired) electrons. The second-order valence-corrected chi connectivity index (χ2v) is 6.05. The second-order valence-electron chi connectivity index (χ2n) is 5.16. The van der Waals surface area contributed by atoms with E-state index in [0.717, 1.165) is 12.2 Å². The summed E-state index contributed by atoms with van der Waals surface area (Å²) in [7, 11) is 1.82. The lowest BCUT2D eigenvalue weighted by Gasteiger charge is -2.26. The van der Waals surface area contributed by atoms with Gasteiger partial charge in [0.15, 0.2) is 5.13 Å². The number of carbonyl (C=O) groups is 1. The van der Waals surface area contributed by atoms with Crippen LogP contribution in [-0.2, 0) is 11.2 Å². The molecule has 1 aromatic rings. The number of hydrogen-bond acceptors (Lipinski definition) is 4. The predicted molar refractivity (Wildman–Crippen MR) is 67.3 cm³/mol. The molecule has 2 N–H and O–H groups in total. The molecule has 90 valence electrons. The summed E-state index contributed by atoms with van der Waals surface area (Å²) in [6, 6.07) is 0. The normalized spacial score (nSPS) is 11.5. The first kappa shape index (κ1) is 13.0. The van der Waals surface area contributed by atoms with Crippen molar-refractivity contribution in [2.24, 2.45) is 5.41 Å². The predicted octanol–water partition coefficient (Wildman–Crippen LogP) is 1.77. The summed E-state index contributed by atoms with van der Waals surface area (Å²) in [5.41, 5.74) is 6.39. The van der Waals surface area contributed by atoms with E-state index in [4.69, 9.17) is 5.73 Å². The summed E-state index contributed by atoms with van der Waals surface area (Å²) < 4.78 is 0. The molecular weight excluding hydrogens is 222 g/mol. The Bertz CT molecular complexity index is 368. The molecule has 0 aliphatic carbocycles. The van der Waals surface area contributed by atoms with E-state index in [-0.39, 0.29) is 11.3 Å². The molecule has 1 heterocycles. The van der Waals surface area contributed by atoms with Gasteiger partial charge < -0.3 is 10.6 Å². The zero-order valence-electron chi connectivity index (χ0n) is 10.3. The van der Waals surface area contributed by atoms with E-state index in [1.54, 1.807) is 4.90 Å². The Morgan fingerprint density at radius 3 is 2.62 bits per heavy atom. The highest BCUT2D eigenvalue weighted by molar-refractivity contribution is 7.13. The summed E-state index contributed by atoms with van der Waals surface area (Å²) in [5.74, 6) is 0.0835. The molecule has 0 saturated heterocycles. The van der Waals surface area contributed by atoms with Crippen LogP contribution in [-0.4, -0.2) is 29.4 Å². The van der Waals surface area contributed by atoms with E-state index < -0.39 is 0 Å². The van der Waals surface area contributed by atoms with Crippen LogP contribution in [0.4, 0.5) is 5.13 Å². The SMILES string of the molecule is CN(CC(C)(C)C)C(=O)Cc1csc(N)n1. The highest BCUT2D eigenvalue weighted by Gasteiger charge is 2.18. The average molecular weight is 241 g/mol. The molecule has 1 aromatic heterocycles.